The number of imidazole rings is 1. The summed E-state index contributed by atoms with van der Waals surface area (Å²) in [6.45, 7) is 4.01. The van der Waals surface area contributed by atoms with Gasteiger partial charge in [-0.3, -0.25) is 9.20 Å². The van der Waals surface area contributed by atoms with Gasteiger partial charge >= 0.3 is 0 Å². The van der Waals surface area contributed by atoms with Gasteiger partial charge in [0.15, 0.2) is 0 Å². The van der Waals surface area contributed by atoms with Crippen LogP contribution in [0.15, 0.2) is 41.6 Å². The summed E-state index contributed by atoms with van der Waals surface area (Å²) in [4.78, 5) is 23.0. The lowest BCUT2D eigenvalue weighted by Crippen LogP contribution is -2.62. The predicted octanol–water partition coefficient (Wildman–Crippen LogP) is 3.99. The van der Waals surface area contributed by atoms with Gasteiger partial charge in [-0.1, -0.05) is 19.1 Å². The van der Waals surface area contributed by atoms with E-state index in [2.05, 4.69) is 24.2 Å². The molecule has 34 heavy (non-hydrogen) atoms. The maximum absolute atomic E-state index is 13.7. The maximum atomic E-state index is 13.7. The second-order valence-corrected chi connectivity index (χ2v) is 11.1. The van der Waals surface area contributed by atoms with Crippen molar-refractivity contribution in [2.45, 2.75) is 69.4 Å². The van der Waals surface area contributed by atoms with Crippen molar-refractivity contribution in [3.63, 3.8) is 0 Å². The zero-order chi connectivity index (χ0) is 23.4. The first-order chi connectivity index (χ1) is 16.3. The number of fused-ring (bicyclic) bond motifs is 2. The molecule has 0 amide bonds. The SMILES string of the molecule is CCc1cn(C23CC(C2)C3)c(=O)c2cc(-c3nc(C4CC(C)(O)C4)n4ccnc(N)c34)ccc12. The molecule has 2 bridgehead atoms. The molecule has 3 N–H and O–H groups in total. The molecule has 4 aromatic rings. The van der Waals surface area contributed by atoms with Crippen LogP contribution in [0.4, 0.5) is 5.82 Å². The van der Waals surface area contributed by atoms with Crippen LogP contribution in [0.1, 0.15) is 63.3 Å². The van der Waals surface area contributed by atoms with Crippen molar-refractivity contribution < 1.29 is 5.11 Å². The minimum absolute atomic E-state index is 0.0413. The van der Waals surface area contributed by atoms with Crippen LogP contribution in [0.3, 0.4) is 0 Å². The Morgan fingerprint density at radius 1 is 1.18 bits per heavy atom. The van der Waals surface area contributed by atoms with Gasteiger partial charge in [0, 0.05) is 41.0 Å². The first-order valence-corrected chi connectivity index (χ1v) is 12.3. The van der Waals surface area contributed by atoms with Crippen LogP contribution >= 0.6 is 0 Å². The number of nitrogens with zero attached hydrogens (tertiary/aromatic N) is 4. The maximum Gasteiger partial charge on any atom is 0.258 e. The molecule has 0 atom stereocenters. The van der Waals surface area contributed by atoms with Crippen molar-refractivity contribution in [1.29, 1.82) is 0 Å². The standard InChI is InChI=1S/C27H29N5O2/c1-3-16-14-32(27-9-15(10-27)11-27)25(33)20-8-17(4-5-19(16)20)21-22-23(28)29-6-7-31(22)24(30-21)18-12-26(2,34)13-18/h4-8,14-15,18,34H,3,9-13H2,1-2H3,(H2,28,29). The lowest BCUT2D eigenvalue weighted by molar-refractivity contribution is -0.0911. The first-order valence-electron chi connectivity index (χ1n) is 12.3. The van der Waals surface area contributed by atoms with Crippen molar-refractivity contribution >= 4 is 22.1 Å². The van der Waals surface area contributed by atoms with E-state index < -0.39 is 5.60 Å². The third-order valence-electron chi connectivity index (χ3n) is 8.62. The average molecular weight is 456 g/mol. The second-order valence-electron chi connectivity index (χ2n) is 11.1. The zero-order valence-corrected chi connectivity index (χ0v) is 19.6. The van der Waals surface area contributed by atoms with E-state index in [9.17, 15) is 9.90 Å². The van der Waals surface area contributed by atoms with Gasteiger partial charge < -0.3 is 15.4 Å². The molecule has 0 saturated heterocycles. The molecule has 3 heterocycles. The predicted molar refractivity (Wildman–Crippen MR) is 132 cm³/mol. The number of aromatic nitrogens is 4. The lowest BCUT2D eigenvalue weighted by Gasteiger charge is -2.62. The van der Waals surface area contributed by atoms with E-state index in [1.165, 1.54) is 5.56 Å². The number of nitrogen functional groups attached to an aromatic ring is 1. The number of nitrogens with two attached hydrogens (primary N) is 1. The van der Waals surface area contributed by atoms with Crippen LogP contribution in [-0.4, -0.2) is 29.6 Å². The number of benzene rings is 1. The Morgan fingerprint density at radius 3 is 2.59 bits per heavy atom. The van der Waals surface area contributed by atoms with E-state index in [-0.39, 0.29) is 17.0 Å². The molecule has 7 heteroatoms. The van der Waals surface area contributed by atoms with Gasteiger partial charge in [-0.15, -0.1) is 0 Å². The Morgan fingerprint density at radius 2 is 1.94 bits per heavy atom. The summed E-state index contributed by atoms with van der Waals surface area (Å²) in [6.07, 6.45) is 11.3. The summed E-state index contributed by atoms with van der Waals surface area (Å²) in [5.41, 5.74) is 9.40. The van der Waals surface area contributed by atoms with Crippen LogP contribution in [-0.2, 0) is 12.0 Å². The molecule has 0 unspecified atom stereocenters. The van der Waals surface area contributed by atoms with Gasteiger partial charge in [0.05, 0.1) is 5.60 Å². The highest BCUT2D eigenvalue weighted by Crippen LogP contribution is 2.61. The smallest absolute Gasteiger partial charge is 0.258 e. The highest BCUT2D eigenvalue weighted by molar-refractivity contribution is 5.93. The van der Waals surface area contributed by atoms with Gasteiger partial charge in [-0.25, -0.2) is 9.97 Å². The molecule has 8 rings (SSSR count). The molecule has 4 fully saturated rings. The minimum atomic E-state index is -0.651. The Hall–Kier alpha value is -3.19. The van der Waals surface area contributed by atoms with Gasteiger partial charge in [-0.05, 0) is 68.4 Å². The Bertz CT molecular complexity index is 1540. The summed E-state index contributed by atoms with van der Waals surface area (Å²) >= 11 is 0. The summed E-state index contributed by atoms with van der Waals surface area (Å²) in [5, 5.41) is 12.1. The lowest BCUT2D eigenvalue weighted by atomic mass is 9.49. The van der Waals surface area contributed by atoms with Crippen LogP contribution in [0.25, 0.3) is 27.5 Å². The molecule has 4 aliphatic rings. The van der Waals surface area contributed by atoms with Crippen LogP contribution < -0.4 is 11.3 Å². The fourth-order valence-corrected chi connectivity index (χ4v) is 6.68. The third kappa shape index (κ3) is 2.59. The molecular weight excluding hydrogens is 426 g/mol. The van der Waals surface area contributed by atoms with E-state index in [1.54, 1.807) is 6.20 Å². The number of pyridine rings is 1. The van der Waals surface area contributed by atoms with E-state index >= 15 is 0 Å². The van der Waals surface area contributed by atoms with Crippen molar-refractivity contribution in [2.75, 3.05) is 5.73 Å². The summed E-state index contributed by atoms with van der Waals surface area (Å²) < 4.78 is 4.03. The van der Waals surface area contributed by atoms with E-state index in [1.807, 2.05) is 34.2 Å². The largest absolute Gasteiger partial charge is 0.390 e. The molecule has 3 aromatic heterocycles. The third-order valence-corrected chi connectivity index (χ3v) is 8.62. The van der Waals surface area contributed by atoms with Gasteiger partial charge in [0.25, 0.3) is 5.56 Å². The van der Waals surface area contributed by atoms with E-state index in [4.69, 9.17) is 10.7 Å². The average Bonchev–Trinajstić information content (AvgIpc) is 3.12. The molecule has 0 radical (unpaired) electrons. The molecular formula is C27H29N5O2. The molecule has 4 aliphatic carbocycles. The Labute approximate surface area is 197 Å². The molecule has 0 aliphatic heterocycles. The van der Waals surface area contributed by atoms with Crippen LogP contribution in [0.2, 0.25) is 0 Å². The number of hydrogen-bond acceptors (Lipinski definition) is 5. The molecule has 0 spiro atoms. The number of rotatable bonds is 4. The monoisotopic (exact) mass is 455 g/mol. The van der Waals surface area contributed by atoms with E-state index in [0.29, 0.717) is 18.7 Å². The topological polar surface area (TPSA) is 98.4 Å². The molecule has 7 nitrogen and oxygen atoms in total. The van der Waals surface area contributed by atoms with Crippen LogP contribution in [0, 0.1) is 5.92 Å². The molecule has 174 valence electrons. The summed E-state index contributed by atoms with van der Waals surface area (Å²) in [6, 6.07) is 6.10. The molecule has 4 saturated carbocycles. The summed E-state index contributed by atoms with van der Waals surface area (Å²) in [7, 11) is 0. The number of hydrogen-bond donors (Lipinski definition) is 2. The number of anilines is 1. The van der Waals surface area contributed by atoms with Gasteiger partial charge in [-0.2, -0.15) is 0 Å². The highest BCUT2D eigenvalue weighted by atomic mass is 16.3. The zero-order valence-electron chi connectivity index (χ0n) is 19.6. The quantitative estimate of drug-likeness (QED) is 0.485. The van der Waals surface area contributed by atoms with Crippen molar-refractivity contribution in [1.82, 2.24) is 18.9 Å². The van der Waals surface area contributed by atoms with Crippen molar-refractivity contribution in [2.24, 2.45) is 5.92 Å². The second kappa shape index (κ2) is 6.48. The number of aliphatic hydroxyl groups is 1. The van der Waals surface area contributed by atoms with Crippen molar-refractivity contribution in [3.05, 3.63) is 58.5 Å². The van der Waals surface area contributed by atoms with E-state index in [0.717, 1.165) is 65.0 Å². The Kier molecular flexibility index (Phi) is 3.85. The highest BCUT2D eigenvalue weighted by Gasteiger charge is 2.58. The fraction of sp³-hybridized carbons (Fsp3) is 0.444. The summed E-state index contributed by atoms with van der Waals surface area (Å²) in [5.74, 6) is 2.26. The fourth-order valence-electron chi connectivity index (χ4n) is 6.68. The normalized spacial score (nSPS) is 29.6. The number of aryl methyl sites for hydroxylation is 1. The van der Waals surface area contributed by atoms with Gasteiger partial charge in [0.2, 0.25) is 0 Å². The Balaban J connectivity index is 1.43. The van der Waals surface area contributed by atoms with Crippen LogP contribution in [0.5, 0.6) is 0 Å². The molecule has 1 aromatic carbocycles. The minimum Gasteiger partial charge on any atom is -0.390 e. The first kappa shape index (κ1) is 20.2. The van der Waals surface area contributed by atoms with Crippen molar-refractivity contribution in [3.8, 4) is 11.3 Å². The van der Waals surface area contributed by atoms with Gasteiger partial charge in [0.1, 0.15) is 22.9 Å².